The summed E-state index contributed by atoms with van der Waals surface area (Å²) in [6, 6.07) is 0. The maximum Gasteiger partial charge on any atom is 0.160 e. The van der Waals surface area contributed by atoms with Crippen LogP contribution in [0.4, 0.5) is 4.39 Å². The Morgan fingerprint density at radius 1 is 1.42 bits per heavy atom. The van der Waals surface area contributed by atoms with Gasteiger partial charge in [-0.1, -0.05) is 18.2 Å². The molecule has 12 heavy (non-hydrogen) atoms. The second kappa shape index (κ2) is 6.32. The van der Waals surface area contributed by atoms with Gasteiger partial charge in [-0.25, -0.2) is 0 Å². The summed E-state index contributed by atoms with van der Waals surface area (Å²) < 4.78 is 9.50. The summed E-state index contributed by atoms with van der Waals surface area (Å²) in [5, 5.41) is 0. The van der Waals surface area contributed by atoms with Crippen molar-refractivity contribution in [3.05, 3.63) is 41.7 Å². The molecule has 0 saturated heterocycles. The molecule has 0 fully saturated rings. The number of allylic oxidation sites excluding steroid dienone is 5. The first-order valence-electron chi connectivity index (χ1n) is 3.49. The normalized spacial score (nSPS) is 12.8. The summed E-state index contributed by atoms with van der Waals surface area (Å²) in [5.41, 5.74) is 3.55. The van der Waals surface area contributed by atoms with Crippen LogP contribution in [-0.4, -0.2) is 13.0 Å². The predicted molar refractivity (Wildman–Crippen MR) is 47.6 cm³/mol. The van der Waals surface area contributed by atoms with E-state index in [9.17, 15) is 9.18 Å². The molecule has 1 aliphatic rings. The fourth-order valence-electron chi connectivity index (χ4n) is 0.675. The van der Waals surface area contributed by atoms with Crippen LogP contribution in [0.5, 0.6) is 0 Å². The molecule has 0 amide bonds. The topological polar surface area (TPSA) is 17.1 Å². The molecule has 1 aliphatic carbocycles. The van der Waals surface area contributed by atoms with Crippen molar-refractivity contribution in [2.24, 2.45) is 0 Å². The van der Waals surface area contributed by atoms with Crippen LogP contribution in [0.3, 0.4) is 0 Å². The van der Waals surface area contributed by atoms with Gasteiger partial charge >= 0.3 is 0 Å². The fourth-order valence-corrected chi connectivity index (χ4v) is 0.675. The molecule has 1 rings (SSSR count). The lowest BCUT2D eigenvalue weighted by molar-refractivity contribution is -0.113. The lowest BCUT2D eigenvalue weighted by Crippen LogP contribution is -1.90. The Labute approximate surface area is 71.6 Å². The first kappa shape index (κ1) is 10.6. The molecule has 0 N–H and O–H groups in total. The second-order valence-corrected chi connectivity index (χ2v) is 2.04. The Morgan fingerprint density at radius 2 is 2.08 bits per heavy atom. The van der Waals surface area contributed by atoms with Gasteiger partial charge in [0, 0.05) is 5.57 Å². The van der Waals surface area contributed by atoms with Crippen molar-refractivity contribution < 1.29 is 9.18 Å². The number of carbonyl (C=O) groups excluding carboxylic acids is 1. The van der Waals surface area contributed by atoms with Crippen molar-refractivity contribution >= 4 is 5.78 Å². The quantitative estimate of drug-likeness (QED) is 0.546. The maximum atomic E-state index is 10.8. The van der Waals surface area contributed by atoms with E-state index in [1.807, 2.05) is 12.2 Å². The molecule has 0 spiro atoms. The van der Waals surface area contributed by atoms with Crippen molar-refractivity contribution in [2.45, 2.75) is 6.92 Å². The van der Waals surface area contributed by atoms with Crippen LogP contribution in [0.25, 0.3) is 0 Å². The Hall–Kier alpha value is -1.40. The lowest BCUT2D eigenvalue weighted by atomic mass is 10.2. The Morgan fingerprint density at radius 3 is 2.67 bits per heavy atom. The summed E-state index contributed by atoms with van der Waals surface area (Å²) in [5.74, 6) is 0.0763. The minimum atomic E-state index is 0.0763. The third kappa shape index (κ3) is 3.69. The minimum absolute atomic E-state index is 0.0763. The van der Waals surface area contributed by atoms with Gasteiger partial charge in [-0.15, -0.1) is 5.73 Å². The van der Waals surface area contributed by atoms with Crippen LogP contribution in [0.1, 0.15) is 6.92 Å². The Kier molecular flexibility index (Phi) is 5.58. The van der Waals surface area contributed by atoms with E-state index in [2.05, 4.69) is 5.73 Å². The van der Waals surface area contributed by atoms with Gasteiger partial charge in [-0.05, 0) is 19.1 Å². The molecule has 0 atom stereocenters. The van der Waals surface area contributed by atoms with Crippen LogP contribution in [-0.2, 0) is 4.79 Å². The number of Topliss-reactive ketones (excluding diaryl/α,β-unsaturated/α-hetero) is 1. The zero-order chi connectivity index (χ0) is 9.40. The largest absolute Gasteiger partial charge is 0.294 e. The van der Waals surface area contributed by atoms with Crippen LogP contribution in [0.2, 0.25) is 0 Å². The first-order chi connectivity index (χ1) is 5.80. The number of ketones is 1. The molecule has 64 valence electrons. The number of rotatable bonds is 1. The van der Waals surface area contributed by atoms with Gasteiger partial charge in [0.1, 0.15) is 0 Å². The van der Waals surface area contributed by atoms with Crippen LogP contribution < -0.4 is 0 Å². The van der Waals surface area contributed by atoms with E-state index in [0.29, 0.717) is 12.8 Å². The molecule has 0 aromatic rings. The van der Waals surface area contributed by atoms with E-state index in [0.717, 1.165) is 0 Å². The SMILES string of the molecule is CC(=O)C1=CC=CC=C=C1.CF. The number of halogens is 1. The molecule has 0 aromatic heterocycles. The highest BCUT2D eigenvalue weighted by Crippen LogP contribution is 2.00. The van der Waals surface area contributed by atoms with Gasteiger partial charge in [0.15, 0.2) is 5.78 Å². The zero-order valence-electron chi connectivity index (χ0n) is 7.17. The van der Waals surface area contributed by atoms with Gasteiger partial charge in [0.25, 0.3) is 0 Å². The van der Waals surface area contributed by atoms with Crippen molar-refractivity contribution in [1.82, 2.24) is 0 Å². The highest BCUT2D eigenvalue weighted by molar-refractivity contribution is 5.96. The second-order valence-electron chi connectivity index (χ2n) is 2.04. The van der Waals surface area contributed by atoms with E-state index in [1.54, 1.807) is 25.2 Å². The molecule has 0 radical (unpaired) electrons. The Balaban J connectivity index is 0.000000561. The predicted octanol–water partition coefficient (Wildman–Crippen LogP) is 2.37. The first-order valence-corrected chi connectivity index (χ1v) is 3.49. The van der Waals surface area contributed by atoms with Gasteiger partial charge in [-0.2, -0.15) is 0 Å². The number of hydrogen-bond donors (Lipinski definition) is 0. The zero-order valence-corrected chi connectivity index (χ0v) is 7.17. The van der Waals surface area contributed by atoms with Gasteiger partial charge in [0.05, 0.1) is 7.18 Å². The summed E-state index contributed by atoms with van der Waals surface area (Å²) in [4.78, 5) is 10.8. The van der Waals surface area contributed by atoms with Crippen LogP contribution in [0.15, 0.2) is 41.7 Å². The van der Waals surface area contributed by atoms with E-state index >= 15 is 0 Å². The van der Waals surface area contributed by atoms with Crippen molar-refractivity contribution in [2.75, 3.05) is 7.18 Å². The maximum absolute atomic E-state index is 10.8. The molecule has 0 heterocycles. The van der Waals surface area contributed by atoms with Crippen molar-refractivity contribution in [3.63, 3.8) is 0 Å². The summed E-state index contributed by atoms with van der Waals surface area (Å²) in [6.07, 6.45) is 8.90. The number of carbonyl (C=O) groups is 1. The van der Waals surface area contributed by atoms with Crippen LogP contribution in [0, 0.1) is 0 Å². The number of hydrogen-bond acceptors (Lipinski definition) is 1. The molecule has 0 aliphatic heterocycles. The number of alkyl halides is 1. The minimum Gasteiger partial charge on any atom is -0.294 e. The molecule has 0 unspecified atom stereocenters. The molecule has 1 nitrogen and oxygen atoms in total. The molecular formula is C10H11FO. The highest BCUT2D eigenvalue weighted by atomic mass is 19.1. The molecule has 2 heteroatoms. The third-order valence-electron chi connectivity index (χ3n) is 1.22. The molecule has 0 aromatic carbocycles. The van der Waals surface area contributed by atoms with Crippen molar-refractivity contribution in [1.29, 1.82) is 0 Å². The smallest absolute Gasteiger partial charge is 0.160 e. The Bertz CT molecular complexity index is 266. The van der Waals surface area contributed by atoms with E-state index in [-0.39, 0.29) is 5.78 Å². The summed E-state index contributed by atoms with van der Waals surface area (Å²) in [6.45, 7) is 1.54. The van der Waals surface area contributed by atoms with E-state index in [4.69, 9.17) is 0 Å². The van der Waals surface area contributed by atoms with Gasteiger partial charge in [-0.3, -0.25) is 9.18 Å². The molecule has 0 bridgehead atoms. The van der Waals surface area contributed by atoms with Gasteiger partial charge < -0.3 is 0 Å². The highest BCUT2D eigenvalue weighted by Gasteiger charge is 1.96. The average Bonchev–Trinajstić information content (AvgIpc) is 2.35. The fraction of sp³-hybridized carbons (Fsp3) is 0.200. The van der Waals surface area contributed by atoms with E-state index < -0.39 is 0 Å². The summed E-state index contributed by atoms with van der Waals surface area (Å²) >= 11 is 0. The standard InChI is InChI=1S/C9H8O.CH3F/c1-8(10)9-6-4-2-3-5-7-9;1-2/h2-4,6-7H,1H3;1H3. The van der Waals surface area contributed by atoms with E-state index in [1.165, 1.54) is 0 Å². The van der Waals surface area contributed by atoms with Gasteiger partial charge in [0.2, 0.25) is 0 Å². The molecular weight excluding hydrogens is 155 g/mol. The third-order valence-corrected chi connectivity index (χ3v) is 1.22. The lowest BCUT2D eigenvalue weighted by Gasteiger charge is -1.87. The van der Waals surface area contributed by atoms with Crippen molar-refractivity contribution in [3.8, 4) is 0 Å². The molecule has 0 saturated carbocycles. The monoisotopic (exact) mass is 166 g/mol. The van der Waals surface area contributed by atoms with Crippen LogP contribution >= 0.6 is 0 Å². The average molecular weight is 166 g/mol. The summed E-state index contributed by atoms with van der Waals surface area (Å²) in [7, 11) is 0.500.